The lowest BCUT2D eigenvalue weighted by molar-refractivity contribution is -0.384. The van der Waals surface area contributed by atoms with Gasteiger partial charge in [0.2, 0.25) is 11.6 Å². The van der Waals surface area contributed by atoms with Gasteiger partial charge in [-0.15, -0.1) is 0 Å². The number of rotatable bonds is 4. The molecule has 3 rings (SSSR count). The first-order chi connectivity index (χ1) is 13.7. The number of pyridine rings is 2. The van der Waals surface area contributed by atoms with Crippen molar-refractivity contribution in [3.63, 3.8) is 0 Å². The Bertz CT molecular complexity index is 1090. The van der Waals surface area contributed by atoms with E-state index in [1.54, 1.807) is 51.2 Å². The van der Waals surface area contributed by atoms with E-state index in [4.69, 9.17) is 15.2 Å². The van der Waals surface area contributed by atoms with Gasteiger partial charge in [0.05, 0.1) is 10.6 Å². The Labute approximate surface area is 165 Å². The summed E-state index contributed by atoms with van der Waals surface area (Å²) in [5.41, 5.74) is 5.37. The monoisotopic (exact) mass is 397 g/mol. The van der Waals surface area contributed by atoms with E-state index in [2.05, 4.69) is 15.3 Å². The number of anilines is 2. The number of nitrogens with two attached hydrogens (primary N) is 1. The molecule has 3 aromatic rings. The first-order valence-corrected chi connectivity index (χ1v) is 8.60. The maximum absolute atomic E-state index is 12.1. The molecule has 0 saturated carbocycles. The first-order valence-electron chi connectivity index (χ1n) is 8.60. The van der Waals surface area contributed by atoms with Crippen molar-refractivity contribution in [2.45, 2.75) is 26.4 Å². The third-order valence-corrected chi connectivity index (χ3v) is 3.69. The Hall–Kier alpha value is -3.95. The quantitative estimate of drug-likeness (QED) is 0.491. The van der Waals surface area contributed by atoms with Crippen molar-refractivity contribution in [3.8, 4) is 11.5 Å². The van der Waals surface area contributed by atoms with E-state index in [0.29, 0.717) is 16.6 Å². The second-order valence-corrected chi connectivity index (χ2v) is 7.04. The van der Waals surface area contributed by atoms with Crippen molar-refractivity contribution in [2.24, 2.45) is 0 Å². The fraction of sp³-hybridized carbons (Fsp3) is 0.211. The number of benzene rings is 1. The summed E-state index contributed by atoms with van der Waals surface area (Å²) >= 11 is 0. The van der Waals surface area contributed by atoms with Crippen LogP contribution < -0.4 is 15.8 Å². The lowest BCUT2D eigenvalue weighted by atomic mass is 10.1. The molecule has 10 nitrogen and oxygen atoms in total. The minimum atomic E-state index is -0.661. The summed E-state index contributed by atoms with van der Waals surface area (Å²) in [6, 6.07) is 7.91. The minimum absolute atomic E-state index is 0.0673. The normalized spacial score (nSPS) is 11.1. The Morgan fingerprint density at radius 2 is 1.90 bits per heavy atom. The number of nitro groups is 1. The van der Waals surface area contributed by atoms with Crippen LogP contribution in [0.1, 0.15) is 20.8 Å². The number of ether oxygens (including phenoxy) is 2. The second kappa shape index (κ2) is 7.58. The van der Waals surface area contributed by atoms with Gasteiger partial charge in [-0.1, -0.05) is 0 Å². The van der Waals surface area contributed by atoms with E-state index in [1.165, 1.54) is 12.3 Å². The van der Waals surface area contributed by atoms with Gasteiger partial charge < -0.3 is 15.2 Å². The molecule has 0 fully saturated rings. The summed E-state index contributed by atoms with van der Waals surface area (Å²) in [5.74, 6) is -0.0701. The molecule has 1 amide bonds. The largest absolute Gasteiger partial charge is 0.448 e. The van der Waals surface area contributed by atoms with Crippen molar-refractivity contribution in [2.75, 3.05) is 11.1 Å². The summed E-state index contributed by atoms with van der Waals surface area (Å²) in [6.07, 6.45) is 2.24. The smallest absolute Gasteiger partial charge is 0.412 e. The minimum Gasteiger partial charge on any atom is -0.448 e. The van der Waals surface area contributed by atoms with Crippen LogP contribution >= 0.6 is 0 Å². The zero-order valence-corrected chi connectivity index (χ0v) is 16.0. The Kier molecular flexibility index (Phi) is 5.18. The molecule has 0 atom stereocenters. The van der Waals surface area contributed by atoms with Crippen LogP contribution in [0.15, 0.2) is 42.7 Å². The summed E-state index contributed by atoms with van der Waals surface area (Å²) in [4.78, 5) is 30.8. The molecule has 2 aromatic heterocycles. The number of nitrogen functional groups attached to an aromatic ring is 1. The number of carbonyl (C=O) groups is 1. The molecule has 2 heterocycles. The van der Waals surface area contributed by atoms with Crippen LogP contribution in [0, 0.1) is 10.1 Å². The fourth-order valence-corrected chi connectivity index (χ4v) is 2.59. The van der Waals surface area contributed by atoms with Gasteiger partial charge in [0.25, 0.3) is 0 Å². The predicted molar refractivity (Wildman–Crippen MR) is 107 cm³/mol. The molecule has 0 aliphatic heterocycles. The van der Waals surface area contributed by atoms with Crippen molar-refractivity contribution in [1.29, 1.82) is 0 Å². The maximum Gasteiger partial charge on any atom is 0.412 e. The number of hydrogen-bond acceptors (Lipinski definition) is 8. The average molecular weight is 397 g/mol. The molecule has 0 spiro atoms. The van der Waals surface area contributed by atoms with Gasteiger partial charge in [-0.05, 0) is 45.0 Å². The maximum atomic E-state index is 12.1. The highest BCUT2D eigenvalue weighted by Crippen LogP contribution is 2.38. The molecule has 29 heavy (non-hydrogen) atoms. The van der Waals surface area contributed by atoms with Crippen LogP contribution in [0.3, 0.4) is 0 Å². The van der Waals surface area contributed by atoms with Crippen LogP contribution in [0.2, 0.25) is 0 Å². The van der Waals surface area contributed by atoms with E-state index in [9.17, 15) is 14.9 Å². The molecule has 150 valence electrons. The number of nitrogens with zero attached hydrogens (tertiary/aromatic N) is 3. The van der Waals surface area contributed by atoms with Crippen LogP contribution in [-0.2, 0) is 4.74 Å². The lowest BCUT2D eigenvalue weighted by Crippen LogP contribution is -2.27. The zero-order chi connectivity index (χ0) is 21.2. The molecule has 10 heteroatoms. The summed E-state index contributed by atoms with van der Waals surface area (Å²) in [5, 5.41) is 14.6. The third-order valence-electron chi connectivity index (χ3n) is 3.69. The zero-order valence-electron chi connectivity index (χ0n) is 16.0. The third kappa shape index (κ3) is 4.49. The van der Waals surface area contributed by atoms with Gasteiger partial charge in [0.1, 0.15) is 11.1 Å². The summed E-state index contributed by atoms with van der Waals surface area (Å²) < 4.78 is 11.0. The molecule has 0 saturated heterocycles. The highest BCUT2D eigenvalue weighted by atomic mass is 16.6. The van der Waals surface area contributed by atoms with Gasteiger partial charge in [-0.2, -0.15) is 0 Å². The highest BCUT2D eigenvalue weighted by Gasteiger charge is 2.23. The number of fused-ring (bicyclic) bond motifs is 1. The summed E-state index contributed by atoms with van der Waals surface area (Å²) in [7, 11) is 0. The van der Waals surface area contributed by atoms with Crippen molar-refractivity contribution in [3.05, 3.63) is 52.8 Å². The van der Waals surface area contributed by atoms with E-state index in [1.807, 2.05) is 0 Å². The van der Waals surface area contributed by atoms with Crippen molar-refractivity contribution in [1.82, 2.24) is 9.97 Å². The second-order valence-electron chi connectivity index (χ2n) is 7.04. The highest BCUT2D eigenvalue weighted by molar-refractivity contribution is 6.01. The van der Waals surface area contributed by atoms with Crippen LogP contribution in [0.5, 0.6) is 11.5 Å². The van der Waals surface area contributed by atoms with Crippen LogP contribution in [0.25, 0.3) is 10.9 Å². The topological polar surface area (TPSA) is 142 Å². The lowest BCUT2D eigenvalue weighted by Gasteiger charge is -2.20. The van der Waals surface area contributed by atoms with E-state index in [-0.39, 0.29) is 17.3 Å². The Balaban J connectivity index is 2.00. The standard InChI is InChI=1S/C19H19N5O5/c1-19(2,3)29-18(25)23-12-6-7-13(15-11(12)5-4-9-21-15)28-14-8-10-22-17(20)16(14)24(26)27/h4-10H,1-3H3,(H2,20,22)(H,23,25). The molecule has 1 aromatic carbocycles. The number of aromatic nitrogens is 2. The van der Waals surface area contributed by atoms with E-state index < -0.39 is 22.3 Å². The van der Waals surface area contributed by atoms with Crippen molar-refractivity contribution < 1.29 is 19.2 Å². The van der Waals surface area contributed by atoms with Gasteiger partial charge >= 0.3 is 11.8 Å². The molecule has 0 radical (unpaired) electrons. The first kappa shape index (κ1) is 19.8. The molecule has 0 bridgehead atoms. The van der Waals surface area contributed by atoms with Gasteiger partial charge in [0.15, 0.2) is 5.75 Å². The number of nitrogens with one attached hydrogen (secondary N) is 1. The van der Waals surface area contributed by atoms with Crippen LogP contribution in [0.4, 0.5) is 22.0 Å². The van der Waals surface area contributed by atoms with Crippen molar-refractivity contribution >= 4 is 34.2 Å². The Morgan fingerprint density at radius 1 is 1.14 bits per heavy atom. The van der Waals surface area contributed by atoms with Gasteiger partial charge in [-0.3, -0.25) is 20.4 Å². The van der Waals surface area contributed by atoms with E-state index in [0.717, 1.165) is 0 Å². The van der Waals surface area contributed by atoms with Gasteiger partial charge in [-0.25, -0.2) is 9.78 Å². The number of amides is 1. The molecule has 3 N–H and O–H groups in total. The predicted octanol–water partition coefficient (Wildman–Crippen LogP) is 4.26. The van der Waals surface area contributed by atoms with Gasteiger partial charge in [0, 0.05) is 23.8 Å². The summed E-state index contributed by atoms with van der Waals surface area (Å²) in [6.45, 7) is 5.28. The molecular weight excluding hydrogens is 378 g/mol. The van der Waals surface area contributed by atoms with Crippen LogP contribution in [-0.4, -0.2) is 26.6 Å². The molecular formula is C19H19N5O5. The molecule has 0 unspecified atom stereocenters. The fourth-order valence-electron chi connectivity index (χ4n) is 2.59. The molecule has 0 aliphatic rings. The SMILES string of the molecule is CC(C)(C)OC(=O)Nc1ccc(Oc2ccnc(N)c2[N+](=O)[O-])c2ncccc12. The molecule has 0 aliphatic carbocycles. The number of carbonyl (C=O) groups excluding carboxylic acids is 1. The average Bonchev–Trinajstić information content (AvgIpc) is 2.62. The number of hydrogen-bond donors (Lipinski definition) is 2. The van der Waals surface area contributed by atoms with E-state index >= 15 is 0 Å². The Morgan fingerprint density at radius 3 is 2.59 bits per heavy atom.